The van der Waals surface area contributed by atoms with Crippen molar-refractivity contribution in [2.24, 2.45) is 15.8 Å². The number of hydrazone groups is 1. The molecule has 0 atom stereocenters. The molecule has 1 aromatic carbocycles. The minimum Gasteiger partial charge on any atom is -0.402 e. The Hall–Kier alpha value is -2.89. The minimum absolute atomic E-state index is 0.0346. The fraction of sp³-hybridized carbons (Fsp3) is 0.235. The molecule has 1 amide bonds. The van der Waals surface area contributed by atoms with Crippen LogP contribution in [0.3, 0.4) is 0 Å². The molecule has 0 bridgehead atoms. The number of amides is 1. The predicted octanol–water partition coefficient (Wildman–Crippen LogP) is 2.80. The van der Waals surface area contributed by atoms with Crippen molar-refractivity contribution in [3.8, 4) is 0 Å². The smallest absolute Gasteiger partial charge is 0.223 e. The van der Waals surface area contributed by atoms with Crippen LogP contribution >= 0.6 is 0 Å². The Bertz CT molecular complexity index is 661. The fourth-order valence-electron chi connectivity index (χ4n) is 1.97. The van der Waals surface area contributed by atoms with Crippen molar-refractivity contribution < 1.29 is 4.79 Å². The molecule has 1 aliphatic rings. The number of anilines is 1. The van der Waals surface area contributed by atoms with Gasteiger partial charge in [-0.2, -0.15) is 5.10 Å². The van der Waals surface area contributed by atoms with Crippen molar-refractivity contribution in [2.75, 3.05) is 11.9 Å². The highest BCUT2D eigenvalue weighted by molar-refractivity contribution is 5.92. The van der Waals surface area contributed by atoms with Gasteiger partial charge in [0.05, 0.1) is 5.70 Å². The number of carbonyl (C=O) groups excluding carboxylic acids is 1. The molecule has 2 N–H and O–H groups in total. The molecule has 0 fully saturated rings. The third-order valence-corrected chi connectivity index (χ3v) is 3.18. The Morgan fingerprint density at radius 3 is 2.70 bits per heavy atom. The lowest BCUT2D eigenvalue weighted by molar-refractivity contribution is -0.116. The summed E-state index contributed by atoms with van der Waals surface area (Å²) in [5, 5.41) is 5.49. The van der Waals surface area contributed by atoms with Crippen molar-refractivity contribution in [3.05, 3.63) is 47.9 Å². The Morgan fingerprint density at radius 1 is 1.43 bits per heavy atom. The molecule has 23 heavy (non-hydrogen) atoms. The van der Waals surface area contributed by atoms with E-state index in [1.54, 1.807) is 23.2 Å². The van der Waals surface area contributed by atoms with E-state index in [2.05, 4.69) is 16.8 Å². The van der Waals surface area contributed by atoms with Crippen LogP contribution < -0.4 is 10.6 Å². The SMILES string of the molecule is C=NN1C(c2cccc(N(C)C(C)=O)c2)=CC=N/C1=C\N.CC. The molecule has 122 valence electrons. The van der Waals surface area contributed by atoms with Gasteiger partial charge < -0.3 is 10.6 Å². The lowest BCUT2D eigenvalue weighted by Crippen LogP contribution is -2.23. The van der Waals surface area contributed by atoms with E-state index >= 15 is 0 Å². The number of rotatable bonds is 3. The van der Waals surface area contributed by atoms with Crippen LogP contribution in [0.25, 0.3) is 5.70 Å². The molecule has 1 heterocycles. The van der Waals surface area contributed by atoms with E-state index in [0.717, 1.165) is 16.9 Å². The summed E-state index contributed by atoms with van der Waals surface area (Å²) in [7, 11) is 1.73. The van der Waals surface area contributed by atoms with Gasteiger partial charge in [-0.3, -0.25) is 4.79 Å². The van der Waals surface area contributed by atoms with E-state index in [9.17, 15) is 4.79 Å². The van der Waals surface area contributed by atoms with Crippen molar-refractivity contribution in [1.29, 1.82) is 0 Å². The second-order valence-corrected chi connectivity index (χ2v) is 4.44. The number of nitrogens with two attached hydrogens (primary N) is 1. The third-order valence-electron chi connectivity index (χ3n) is 3.18. The van der Waals surface area contributed by atoms with Gasteiger partial charge in [0, 0.05) is 44.4 Å². The van der Waals surface area contributed by atoms with Crippen LogP contribution in [0, 0.1) is 0 Å². The van der Waals surface area contributed by atoms with Crippen molar-refractivity contribution in [2.45, 2.75) is 20.8 Å². The minimum atomic E-state index is -0.0346. The number of nitrogens with zero attached hydrogens (tertiary/aromatic N) is 4. The van der Waals surface area contributed by atoms with E-state index in [1.807, 2.05) is 44.2 Å². The standard InChI is InChI=1S/C15H17N5O.C2H6/c1-11(21)19(3)13-6-4-5-12(9-13)14-7-8-18-15(10-16)20(14)17-2;1-2/h4-10H,2,16H2,1,3H3;1-2H3/b15-10+;. The summed E-state index contributed by atoms with van der Waals surface area (Å²) in [5.41, 5.74) is 8.01. The molecule has 6 nitrogen and oxygen atoms in total. The lowest BCUT2D eigenvalue weighted by atomic mass is 10.1. The molecular weight excluding hydrogens is 290 g/mol. The van der Waals surface area contributed by atoms with E-state index in [1.165, 1.54) is 13.1 Å². The molecule has 2 rings (SSSR count). The number of hydrogen-bond donors (Lipinski definition) is 1. The van der Waals surface area contributed by atoms with Gasteiger partial charge in [0.25, 0.3) is 0 Å². The summed E-state index contributed by atoms with van der Waals surface area (Å²) in [6.07, 6.45) is 4.83. The summed E-state index contributed by atoms with van der Waals surface area (Å²) in [4.78, 5) is 17.2. The average Bonchev–Trinajstić information content (AvgIpc) is 2.61. The summed E-state index contributed by atoms with van der Waals surface area (Å²) >= 11 is 0. The van der Waals surface area contributed by atoms with Gasteiger partial charge in [-0.15, -0.1) is 0 Å². The van der Waals surface area contributed by atoms with Crippen LogP contribution in [0.5, 0.6) is 0 Å². The Balaban J connectivity index is 0.00000127. The van der Waals surface area contributed by atoms with Crippen LogP contribution in [0.2, 0.25) is 0 Å². The molecule has 0 aromatic heterocycles. The van der Waals surface area contributed by atoms with Gasteiger partial charge in [-0.1, -0.05) is 26.0 Å². The summed E-state index contributed by atoms with van der Waals surface area (Å²) in [5.74, 6) is 0.459. The Labute approximate surface area is 137 Å². The summed E-state index contributed by atoms with van der Waals surface area (Å²) in [6, 6.07) is 7.57. The topological polar surface area (TPSA) is 74.3 Å². The molecule has 0 spiro atoms. The van der Waals surface area contributed by atoms with Gasteiger partial charge in [-0.25, -0.2) is 10.0 Å². The third kappa shape index (κ3) is 4.06. The average molecular weight is 313 g/mol. The van der Waals surface area contributed by atoms with Gasteiger partial charge >= 0.3 is 0 Å². The monoisotopic (exact) mass is 313 g/mol. The summed E-state index contributed by atoms with van der Waals surface area (Å²) < 4.78 is 0. The van der Waals surface area contributed by atoms with Crippen LogP contribution in [-0.4, -0.2) is 30.9 Å². The molecule has 0 saturated carbocycles. The maximum atomic E-state index is 11.5. The first-order chi connectivity index (χ1) is 11.1. The van der Waals surface area contributed by atoms with Gasteiger partial charge in [-0.05, 0) is 18.2 Å². The van der Waals surface area contributed by atoms with Crippen LogP contribution in [0.1, 0.15) is 26.3 Å². The predicted molar refractivity (Wildman–Crippen MR) is 97.0 cm³/mol. The molecule has 1 aliphatic heterocycles. The van der Waals surface area contributed by atoms with Crippen LogP contribution in [0.4, 0.5) is 5.69 Å². The molecule has 0 saturated heterocycles. The van der Waals surface area contributed by atoms with Gasteiger partial charge in [0.15, 0.2) is 5.82 Å². The molecule has 6 heteroatoms. The molecule has 0 unspecified atom stereocenters. The van der Waals surface area contributed by atoms with Crippen molar-refractivity contribution in [1.82, 2.24) is 5.01 Å². The summed E-state index contributed by atoms with van der Waals surface area (Å²) in [6.45, 7) is 9.06. The quantitative estimate of drug-likeness (QED) is 0.872. The van der Waals surface area contributed by atoms with Gasteiger partial charge in [0.2, 0.25) is 5.91 Å². The molecule has 1 aromatic rings. The molecule has 0 radical (unpaired) electrons. The zero-order valence-electron chi connectivity index (χ0n) is 14.0. The van der Waals surface area contributed by atoms with Crippen LogP contribution in [0.15, 0.2) is 52.5 Å². The Morgan fingerprint density at radius 2 is 2.13 bits per heavy atom. The number of hydrogen-bond acceptors (Lipinski definition) is 5. The highest BCUT2D eigenvalue weighted by Gasteiger charge is 2.18. The second-order valence-electron chi connectivity index (χ2n) is 4.44. The highest BCUT2D eigenvalue weighted by Crippen LogP contribution is 2.28. The highest BCUT2D eigenvalue weighted by atomic mass is 16.2. The number of benzene rings is 1. The zero-order valence-corrected chi connectivity index (χ0v) is 14.0. The first-order valence-corrected chi connectivity index (χ1v) is 7.36. The van der Waals surface area contributed by atoms with E-state index in [-0.39, 0.29) is 5.91 Å². The van der Waals surface area contributed by atoms with E-state index in [4.69, 9.17) is 5.73 Å². The van der Waals surface area contributed by atoms with Crippen molar-refractivity contribution in [3.63, 3.8) is 0 Å². The van der Waals surface area contributed by atoms with Crippen LogP contribution in [-0.2, 0) is 4.79 Å². The fourth-order valence-corrected chi connectivity index (χ4v) is 1.97. The Kier molecular flexibility index (Phi) is 6.73. The second kappa shape index (κ2) is 8.53. The number of aliphatic imine (C=N–C) groups is 1. The lowest BCUT2D eigenvalue weighted by Gasteiger charge is -2.25. The van der Waals surface area contributed by atoms with E-state index < -0.39 is 0 Å². The zero-order chi connectivity index (χ0) is 17.4. The maximum Gasteiger partial charge on any atom is 0.223 e. The molecular formula is C17H23N5O. The van der Waals surface area contributed by atoms with E-state index in [0.29, 0.717) is 5.82 Å². The first kappa shape index (κ1) is 18.2. The first-order valence-electron chi connectivity index (χ1n) is 7.36. The molecule has 0 aliphatic carbocycles. The number of carbonyl (C=O) groups is 1. The van der Waals surface area contributed by atoms with Crippen molar-refractivity contribution >= 4 is 30.2 Å². The normalized spacial score (nSPS) is 14.7. The van der Waals surface area contributed by atoms with Gasteiger partial charge in [0.1, 0.15) is 0 Å². The largest absolute Gasteiger partial charge is 0.402 e. The number of allylic oxidation sites excluding steroid dienone is 1. The maximum absolute atomic E-state index is 11.5.